The van der Waals surface area contributed by atoms with E-state index in [0.29, 0.717) is 13.0 Å². The predicted molar refractivity (Wildman–Crippen MR) is 339 cm³/mol. The Morgan fingerprint density at radius 1 is 0.224 bits per heavy atom. The lowest BCUT2D eigenvalue weighted by Gasteiger charge is -2.28. The van der Waals surface area contributed by atoms with Gasteiger partial charge in [-0.15, -0.1) is 0 Å². The molecule has 2 atom stereocenters. The highest BCUT2D eigenvalue weighted by Gasteiger charge is 2.23. The Hall–Kier alpha value is -0.610. The van der Waals surface area contributed by atoms with Crippen molar-refractivity contribution in [3.05, 3.63) is 0 Å². The zero-order valence-electron chi connectivity index (χ0n) is 53.2. The monoisotopic (exact) mass is 1070 g/mol. The number of unbranched alkanes of at least 4 members (excludes halogenated alkanes) is 54. The molecule has 0 N–H and O–H groups in total. The molecule has 0 bridgehead atoms. The van der Waals surface area contributed by atoms with E-state index < -0.39 is 0 Å². The van der Waals surface area contributed by atoms with Gasteiger partial charge in [0.2, 0.25) is 0 Å². The maximum Gasteiger partial charge on any atom is 0.305 e. The van der Waals surface area contributed by atoms with Crippen molar-refractivity contribution in [2.45, 2.75) is 438 Å². The standard InChI is InChI=1S/C72H144O4/c1-5-9-13-17-21-24-27-30-33-36-39-42-45-48-55-61-67-74-70(64-58-52-20-16-12-8-4)71(75-68-62-56-49-46-43-40-37-34-31-28-25-22-18-14-10-6-2)65-59-53-51-54-60-66-72(73)76-69-63-57-50-47-44-41-38-35-32-29-26-23-19-15-11-7-3/h70-71H,5-69H2,1-4H3. The van der Waals surface area contributed by atoms with Crippen LogP contribution in [0.25, 0.3) is 0 Å². The first-order valence-electron chi connectivity index (χ1n) is 36.1. The van der Waals surface area contributed by atoms with Crippen LogP contribution in [0, 0.1) is 0 Å². The Balaban J connectivity index is 4.64. The molecule has 0 aromatic heterocycles. The molecule has 0 aliphatic carbocycles. The third-order valence-electron chi connectivity index (χ3n) is 17.0. The molecule has 0 aromatic carbocycles. The van der Waals surface area contributed by atoms with Crippen molar-refractivity contribution in [1.82, 2.24) is 0 Å². The Morgan fingerprint density at radius 2 is 0.408 bits per heavy atom. The number of carbonyl (C=O) groups is 1. The largest absolute Gasteiger partial charge is 0.466 e. The van der Waals surface area contributed by atoms with Crippen LogP contribution in [0.3, 0.4) is 0 Å². The summed E-state index contributed by atoms with van der Waals surface area (Å²) in [6.45, 7) is 11.6. The molecule has 0 aromatic rings. The molecular weight excluding hydrogens is 929 g/mol. The molecule has 0 radical (unpaired) electrons. The van der Waals surface area contributed by atoms with Gasteiger partial charge in [0, 0.05) is 19.6 Å². The van der Waals surface area contributed by atoms with Gasteiger partial charge in [-0.2, -0.15) is 0 Å². The van der Waals surface area contributed by atoms with Crippen molar-refractivity contribution < 1.29 is 19.0 Å². The maximum absolute atomic E-state index is 12.5. The van der Waals surface area contributed by atoms with Crippen LogP contribution in [0.5, 0.6) is 0 Å². The minimum absolute atomic E-state index is 0.0162. The molecule has 0 saturated carbocycles. The molecule has 4 heteroatoms. The molecule has 4 nitrogen and oxygen atoms in total. The molecule has 0 aliphatic heterocycles. The average Bonchev–Trinajstić information content (AvgIpc) is 3.42. The van der Waals surface area contributed by atoms with Gasteiger partial charge in [0.25, 0.3) is 0 Å². The summed E-state index contributed by atoms with van der Waals surface area (Å²) >= 11 is 0. The summed E-state index contributed by atoms with van der Waals surface area (Å²) in [5.41, 5.74) is 0. The van der Waals surface area contributed by atoms with Crippen molar-refractivity contribution in [3.63, 3.8) is 0 Å². The third-order valence-corrected chi connectivity index (χ3v) is 17.0. The number of ether oxygens (including phenoxy) is 3. The van der Waals surface area contributed by atoms with E-state index in [4.69, 9.17) is 14.2 Å². The number of carbonyl (C=O) groups excluding carboxylic acids is 1. The van der Waals surface area contributed by atoms with E-state index in [1.54, 1.807) is 0 Å². The predicted octanol–water partition coefficient (Wildman–Crippen LogP) is 25.6. The van der Waals surface area contributed by atoms with E-state index in [0.717, 1.165) is 45.3 Å². The normalized spacial score (nSPS) is 12.5. The third kappa shape index (κ3) is 62.6. The second-order valence-corrected chi connectivity index (χ2v) is 24.8. The van der Waals surface area contributed by atoms with Crippen molar-refractivity contribution in [2.75, 3.05) is 19.8 Å². The molecule has 0 amide bonds. The highest BCUT2D eigenvalue weighted by atomic mass is 16.5. The second-order valence-electron chi connectivity index (χ2n) is 24.8. The number of esters is 1. The van der Waals surface area contributed by atoms with Gasteiger partial charge >= 0.3 is 5.97 Å². The smallest absolute Gasteiger partial charge is 0.305 e. The molecular formula is C72H144O4. The van der Waals surface area contributed by atoms with Crippen molar-refractivity contribution >= 4 is 5.97 Å². The van der Waals surface area contributed by atoms with Crippen LogP contribution in [0.15, 0.2) is 0 Å². The van der Waals surface area contributed by atoms with E-state index in [2.05, 4.69) is 27.7 Å². The lowest BCUT2D eigenvalue weighted by Crippen LogP contribution is -2.32. The second kappa shape index (κ2) is 68.7. The Labute approximate surface area is 480 Å². The molecule has 76 heavy (non-hydrogen) atoms. The Kier molecular flexibility index (Phi) is 68.1. The van der Waals surface area contributed by atoms with Gasteiger partial charge in [0.1, 0.15) is 0 Å². The minimum atomic E-state index is 0.0162. The zero-order chi connectivity index (χ0) is 54.8. The maximum atomic E-state index is 12.5. The van der Waals surface area contributed by atoms with E-state index >= 15 is 0 Å². The van der Waals surface area contributed by atoms with Gasteiger partial charge in [-0.05, 0) is 38.5 Å². The Morgan fingerprint density at radius 3 is 0.645 bits per heavy atom. The first-order chi connectivity index (χ1) is 37.7. The molecule has 0 fully saturated rings. The van der Waals surface area contributed by atoms with Gasteiger partial charge in [0.05, 0.1) is 18.8 Å². The summed E-state index contributed by atoms with van der Waals surface area (Å²) < 4.78 is 19.4. The fraction of sp³-hybridized carbons (Fsp3) is 0.986. The molecule has 0 heterocycles. The van der Waals surface area contributed by atoms with E-state index in [1.807, 2.05) is 0 Å². The van der Waals surface area contributed by atoms with Crippen LogP contribution < -0.4 is 0 Å². The van der Waals surface area contributed by atoms with E-state index in [9.17, 15) is 4.79 Å². The first kappa shape index (κ1) is 75.4. The van der Waals surface area contributed by atoms with Crippen LogP contribution in [-0.4, -0.2) is 38.0 Å². The lowest BCUT2D eigenvalue weighted by molar-refractivity contribution is -0.143. The Bertz CT molecular complexity index is 1030. The van der Waals surface area contributed by atoms with Gasteiger partial charge < -0.3 is 14.2 Å². The van der Waals surface area contributed by atoms with Crippen LogP contribution in [0.1, 0.15) is 426 Å². The summed E-state index contributed by atoms with van der Waals surface area (Å²) in [7, 11) is 0. The topological polar surface area (TPSA) is 44.8 Å². The quantitative estimate of drug-likeness (QED) is 0.0450. The fourth-order valence-electron chi connectivity index (χ4n) is 11.7. The summed E-state index contributed by atoms with van der Waals surface area (Å²) in [6.07, 6.45) is 83.7. The molecule has 0 spiro atoms. The first-order valence-corrected chi connectivity index (χ1v) is 36.1. The van der Waals surface area contributed by atoms with Crippen molar-refractivity contribution in [3.8, 4) is 0 Å². The highest BCUT2D eigenvalue weighted by molar-refractivity contribution is 5.69. The number of hydrogen-bond acceptors (Lipinski definition) is 4. The summed E-state index contributed by atoms with van der Waals surface area (Å²) in [4.78, 5) is 12.5. The van der Waals surface area contributed by atoms with Gasteiger partial charge in [-0.1, -0.05) is 381 Å². The molecule has 0 rings (SSSR count). The molecule has 0 aliphatic rings. The SMILES string of the molecule is CCCCCCCCCCCCCCCCCCOC(=O)CCCCCCCC(OCCCCCCCCCCCCCCCCCC)C(CCCCCCCC)OCCCCCCCCCCCCCCCCCC. The van der Waals surface area contributed by atoms with E-state index in [-0.39, 0.29) is 18.2 Å². The van der Waals surface area contributed by atoms with Crippen LogP contribution in [0.4, 0.5) is 0 Å². The van der Waals surface area contributed by atoms with Crippen LogP contribution in [-0.2, 0) is 19.0 Å². The molecule has 456 valence electrons. The zero-order valence-corrected chi connectivity index (χ0v) is 53.2. The fourth-order valence-corrected chi connectivity index (χ4v) is 11.7. The van der Waals surface area contributed by atoms with Gasteiger partial charge in [0.15, 0.2) is 0 Å². The molecule has 2 unspecified atom stereocenters. The molecule has 0 saturated heterocycles. The van der Waals surface area contributed by atoms with Crippen molar-refractivity contribution in [1.29, 1.82) is 0 Å². The summed E-state index contributed by atoms with van der Waals surface area (Å²) in [5, 5.41) is 0. The number of rotatable bonds is 69. The highest BCUT2D eigenvalue weighted by Crippen LogP contribution is 2.23. The summed E-state index contributed by atoms with van der Waals surface area (Å²) in [5.74, 6) is 0.0162. The van der Waals surface area contributed by atoms with Crippen LogP contribution >= 0.6 is 0 Å². The summed E-state index contributed by atoms with van der Waals surface area (Å²) in [6, 6.07) is 0. The number of hydrogen-bond donors (Lipinski definition) is 0. The van der Waals surface area contributed by atoms with Crippen LogP contribution in [0.2, 0.25) is 0 Å². The minimum Gasteiger partial charge on any atom is -0.466 e. The van der Waals surface area contributed by atoms with Gasteiger partial charge in [-0.25, -0.2) is 0 Å². The average molecular weight is 1070 g/mol. The van der Waals surface area contributed by atoms with E-state index in [1.165, 1.54) is 360 Å². The van der Waals surface area contributed by atoms with Crippen molar-refractivity contribution in [2.24, 2.45) is 0 Å². The lowest BCUT2D eigenvalue weighted by atomic mass is 9.99. The van der Waals surface area contributed by atoms with Gasteiger partial charge in [-0.3, -0.25) is 4.79 Å².